The average molecular weight is 303 g/mol. The fourth-order valence-electron chi connectivity index (χ4n) is 2.79. The van der Waals surface area contributed by atoms with Gasteiger partial charge in [-0.1, -0.05) is 36.4 Å². The Kier molecular flexibility index (Phi) is 3.08. The van der Waals surface area contributed by atoms with Crippen LogP contribution in [-0.2, 0) is 0 Å². The van der Waals surface area contributed by atoms with Crippen LogP contribution in [0.1, 0.15) is 0 Å². The highest BCUT2D eigenvalue weighted by Gasteiger charge is 2.14. The first-order valence-electron chi connectivity index (χ1n) is 7.24. The molecule has 4 nitrogen and oxygen atoms in total. The Morgan fingerprint density at radius 3 is 2.57 bits per heavy atom. The van der Waals surface area contributed by atoms with E-state index < -0.39 is 5.63 Å². The van der Waals surface area contributed by atoms with Gasteiger partial charge in [0.2, 0.25) is 5.89 Å². The van der Waals surface area contributed by atoms with Crippen molar-refractivity contribution in [3.05, 3.63) is 71.1 Å². The molecule has 0 N–H and O–H groups in total. The lowest BCUT2D eigenvalue weighted by atomic mass is 10.0. The maximum absolute atomic E-state index is 12.2. The highest BCUT2D eigenvalue weighted by Crippen LogP contribution is 2.34. The Balaban J connectivity index is 2.09. The van der Waals surface area contributed by atoms with E-state index in [2.05, 4.69) is 4.98 Å². The van der Waals surface area contributed by atoms with Crippen LogP contribution in [0, 0.1) is 0 Å². The summed E-state index contributed by atoms with van der Waals surface area (Å²) in [5.74, 6) is 1.01. The molecule has 0 amide bonds. The number of nitrogens with zero attached hydrogens (tertiary/aromatic N) is 1. The highest BCUT2D eigenvalue weighted by atomic mass is 16.5. The first-order valence-corrected chi connectivity index (χ1v) is 7.24. The molecule has 0 aliphatic heterocycles. The van der Waals surface area contributed by atoms with Crippen LogP contribution in [0.5, 0.6) is 5.75 Å². The Morgan fingerprint density at radius 1 is 0.957 bits per heavy atom. The smallest absolute Gasteiger partial charge is 0.347 e. The number of methoxy groups -OCH3 is 1. The average Bonchev–Trinajstić information content (AvgIpc) is 2.60. The molecule has 23 heavy (non-hydrogen) atoms. The van der Waals surface area contributed by atoms with Crippen molar-refractivity contribution in [2.45, 2.75) is 0 Å². The molecule has 0 unspecified atom stereocenters. The van der Waals surface area contributed by atoms with Gasteiger partial charge in [0.05, 0.1) is 18.0 Å². The molecule has 3 aromatic carbocycles. The molecule has 0 saturated carbocycles. The number of hydrogen-bond acceptors (Lipinski definition) is 4. The number of ether oxygens (including phenoxy) is 1. The molecule has 0 fully saturated rings. The summed E-state index contributed by atoms with van der Waals surface area (Å²) in [6.45, 7) is 0. The predicted octanol–water partition coefficient (Wildman–Crippen LogP) is 4.02. The number of benzene rings is 3. The predicted molar refractivity (Wildman–Crippen MR) is 89.8 cm³/mol. The Bertz CT molecular complexity index is 1080. The van der Waals surface area contributed by atoms with Gasteiger partial charge in [-0.05, 0) is 29.7 Å². The van der Waals surface area contributed by atoms with Gasteiger partial charge in [0, 0.05) is 10.9 Å². The minimum Gasteiger partial charge on any atom is -0.496 e. The maximum atomic E-state index is 12.2. The third-order valence-electron chi connectivity index (χ3n) is 3.85. The Morgan fingerprint density at radius 2 is 1.74 bits per heavy atom. The zero-order valence-electron chi connectivity index (χ0n) is 12.4. The zero-order valence-corrected chi connectivity index (χ0v) is 12.4. The van der Waals surface area contributed by atoms with Crippen LogP contribution in [0.4, 0.5) is 0 Å². The van der Waals surface area contributed by atoms with Crippen LogP contribution < -0.4 is 10.4 Å². The van der Waals surface area contributed by atoms with Gasteiger partial charge < -0.3 is 9.15 Å². The quantitative estimate of drug-likeness (QED) is 0.561. The van der Waals surface area contributed by atoms with Crippen molar-refractivity contribution in [1.82, 2.24) is 4.98 Å². The number of hydrogen-bond donors (Lipinski definition) is 0. The minimum absolute atomic E-state index is 0.295. The molecule has 1 aromatic heterocycles. The topological polar surface area (TPSA) is 52.3 Å². The van der Waals surface area contributed by atoms with Gasteiger partial charge in [-0.3, -0.25) is 0 Å². The summed E-state index contributed by atoms with van der Waals surface area (Å²) in [6, 6.07) is 18.7. The van der Waals surface area contributed by atoms with Gasteiger partial charge in [-0.25, -0.2) is 9.78 Å². The molecule has 0 aliphatic carbocycles. The van der Waals surface area contributed by atoms with Crippen LogP contribution in [0.2, 0.25) is 0 Å². The van der Waals surface area contributed by atoms with Crippen molar-refractivity contribution >= 4 is 21.7 Å². The molecule has 0 radical (unpaired) electrons. The summed E-state index contributed by atoms with van der Waals surface area (Å²) in [6.07, 6.45) is 0. The van der Waals surface area contributed by atoms with E-state index >= 15 is 0 Å². The standard InChI is InChI=1S/C19H13NO3/c1-22-16-11-5-7-12-6-4-9-14(17(12)16)18-20-15-10-3-2-8-13(15)19(21)23-18/h2-11H,1H3. The highest BCUT2D eigenvalue weighted by molar-refractivity contribution is 5.99. The van der Waals surface area contributed by atoms with Crippen molar-refractivity contribution < 1.29 is 9.15 Å². The summed E-state index contributed by atoms with van der Waals surface area (Å²) in [5, 5.41) is 2.35. The number of aromatic nitrogens is 1. The van der Waals surface area contributed by atoms with Crippen LogP contribution in [-0.4, -0.2) is 12.1 Å². The van der Waals surface area contributed by atoms with Gasteiger partial charge in [0.15, 0.2) is 0 Å². The summed E-state index contributed by atoms with van der Waals surface area (Å²) >= 11 is 0. The Hall–Kier alpha value is -3.14. The van der Waals surface area contributed by atoms with E-state index in [4.69, 9.17) is 9.15 Å². The van der Waals surface area contributed by atoms with Crippen molar-refractivity contribution in [1.29, 1.82) is 0 Å². The molecule has 4 rings (SSSR count). The lowest BCUT2D eigenvalue weighted by molar-refractivity contribution is 0.419. The molecule has 1 heterocycles. The molecule has 0 aliphatic rings. The van der Waals surface area contributed by atoms with E-state index in [0.29, 0.717) is 16.8 Å². The summed E-state index contributed by atoms with van der Waals surface area (Å²) in [4.78, 5) is 16.7. The van der Waals surface area contributed by atoms with Gasteiger partial charge in [-0.2, -0.15) is 0 Å². The third kappa shape index (κ3) is 2.16. The van der Waals surface area contributed by atoms with E-state index in [1.165, 1.54) is 0 Å². The van der Waals surface area contributed by atoms with Crippen molar-refractivity contribution in [2.75, 3.05) is 7.11 Å². The number of fused-ring (bicyclic) bond motifs is 2. The molecule has 0 atom stereocenters. The minimum atomic E-state index is -0.391. The number of rotatable bonds is 2. The maximum Gasteiger partial charge on any atom is 0.347 e. The van der Waals surface area contributed by atoms with Crippen molar-refractivity contribution in [3.8, 4) is 17.2 Å². The fourth-order valence-corrected chi connectivity index (χ4v) is 2.79. The monoisotopic (exact) mass is 303 g/mol. The second-order valence-electron chi connectivity index (χ2n) is 5.19. The molecular formula is C19H13NO3. The normalized spacial score (nSPS) is 11.0. The van der Waals surface area contributed by atoms with Crippen LogP contribution in [0.15, 0.2) is 69.9 Å². The summed E-state index contributed by atoms with van der Waals surface area (Å²) in [5.41, 5.74) is 0.964. The fraction of sp³-hybridized carbons (Fsp3) is 0.0526. The summed E-state index contributed by atoms with van der Waals surface area (Å²) < 4.78 is 10.9. The van der Waals surface area contributed by atoms with Gasteiger partial charge in [-0.15, -0.1) is 0 Å². The second kappa shape index (κ2) is 5.25. The third-order valence-corrected chi connectivity index (χ3v) is 3.85. The Labute approximate surface area is 132 Å². The van der Waals surface area contributed by atoms with Crippen LogP contribution in [0.25, 0.3) is 33.1 Å². The van der Waals surface area contributed by atoms with Crippen molar-refractivity contribution in [3.63, 3.8) is 0 Å². The molecule has 0 saturated heterocycles. The molecule has 0 bridgehead atoms. The molecule has 4 heteroatoms. The molecule has 4 aromatic rings. The second-order valence-corrected chi connectivity index (χ2v) is 5.19. The van der Waals surface area contributed by atoms with Gasteiger partial charge >= 0.3 is 5.63 Å². The van der Waals surface area contributed by atoms with E-state index in [9.17, 15) is 4.79 Å². The molecular weight excluding hydrogens is 290 g/mol. The first kappa shape index (κ1) is 13.5. The van der Waals surface area contributed by atoms with Gasteiger partial charge in [0.1, 0.15) is 5.75 Å². The SMILES string of the molecule is COc1cccc2cccc(-c3nc4ccccc4c(=O)o3)c12. The first-order chi connectivity index (χ1) is 11.3. The molecule has 0 spiro atoms. The van der Waals surface area contributed by atoms with Gasteiger partial charge in [0.25, 0.3) is 0 Å². The van der Waals surface area contributed by atoms with Crippen molar-refractivity contribution in [2.24, 2.45) is 0 Å². The van der Waals surface area contributed by atoms with Crippen LogP contribution >= 0.6 is 0 Å². The number of para-hydroxylation sites is 1. The van der Waals surface area contributed by atoms with E-state index in [0.717, 1.165) is 22.1 Å². The van der Waals surface area contributed by atoms with E-state index in [1.807, 2.05) is 42.5 Å². The lowest BCUT2D eigenvalue weighted by Crippen LogP contribution is -2.03. The van der Waals surface area contributed by atoms with E-state index in [-0.39, 0.29) is 0 Å². The zero-order chi connectivity index (χ0) is 15.8. The largest absolute Gasteiger partial charge is 0.496 e. The summed E-state index contributed by atoms with van der Waals surface area (Å²) in [7, 11) is 1.62. The van der Waals surface area contributed by atoms with Crippen LogP contribution in [0.3, 0.4) is 0 Å². The molecule has 112 valence electrons. The lowest BCUT2D eigenvalue weighted by Gasteiger charge is -2.09. The van der Waals surface area contributed by atoms with E-state index in [1.54, 1.807) is 25.3 Å².